The van der Waals surface area contributed by atoms with E-state index in [-0.39, 0.29) is 0 Å². The molecule has 0 aromatic rings. The maximum atomic E-state index is 2.70. The van der Waals surface area contributed by atoms with E-state index in [9.17, 15) is 0 Å². The van der Waals surface area contributed by atoms with E-state index in [0.29, 0.717) is 5.54 Å². The first kappa shape index (κ1) is 22.0. The van der Waals surface area contributed by atoms with Crippen LogP contribution in [-0.2, 0) is 0 Å². The Bertz CT molecular complexity index is 348. The summed E-state index contributed by atoms with van der Waals surface area (Å²) < 4.78 is 0. The Morgan fingerprint density at radius 3 is 2.21 bits per heavy atom. The van der Waals surface area contributed by atoms with Crippen molar-refractivity contribution in [3.8, 4) is 0 Å². The van der Waals surface area contributed by atoms with Crippen molar-refractivity contribution in [1.29, 1.82) is 0 Å². The third kappa shape index (κ3) is 6.04. The SMILES string of the molecule is CCC(C)CCCC(C)(C(C)C)N(C)CCC1CC1C(C)C(C)C. The summed E-state index contributed by atoms with van der Waals surface area (Å²) in [6.07, 6.45) is 8.34. The lowest BCUT2D eigenvalue weighted by Gasteiger charge is -2.43. The van der Waals surface area contributed by atoms with Crippen molar-refractivity contribution in [2.75, 3.05) is 13.6 Å². The molecular formula is C23H47N. The Hall–Kier alpha value is -0.0400. The molecule has 0 saturated heterocycles. The van der Waals surface area contributed by atoms with E-state index in [4.69, 9.17) is 0 Å². The van der Waals surface area contributed by atoms with Gasteiger partial charge in [-0.05, 0) is 75.3 Å². The van der Waals surface area contributed by atoms with Gasteiger partial charge in [-0.1, -0.05) is 67.7 Å². The van der Waals surface area contributed by atoms with Crippen LogP contribution in [0.15, 0.2) is 0 Å². The molecule has 5 unspecified atom stereocenters. The van der Waals surface area contributed by atoms with Crippen LogP contribution >= 0.6 is 0 Å². The van der Waals surface area contributed by atoms with Crippen LogP contribution in [0.3, 0.4) is 0 Å². The molecule has 0 aromatic carbocycles. The zero-order valence-electron chi connectivity index (χ0n) is 18.4. The summed E-state index contributed by atoms with van der Waals surface area (Å²) in [6, 6.07) is 0. The Balaban J connectivity index is 2.44. The first-order valence-corrected chi connectivity index (χ1v) is 10.8. The lowest BCUT2D eigenvalue weighted by Crippen LogP contribution is -2.48. The average molecular weight is 338 g/mol. The summed E-state index contributed by atoms with van der Waals surface area (Å²) in [5, 5.41) is 0. The lowest BCUT2D eigenvalue weighted by molar-refractivity contribution is 0.0703. The Morgan fingerprint density at radius 2 is 1.71 bits per heavy atom. The molecule has 1 heteroatoms. The highest BCUT2D eigenvalue weighted by Crippen LogP contribution is 2.49. The van der Waals surface area contributed by atoms with Gasteiger partial charge in [0.05, 0.1) is 0 Å². The van der Waals surface area contributed by atoms with Crippen LogP contribution in [0.4, 0.5) is 0 Å². The van der Waals surface area contributed by atoms with Crippen molar-refractivity contribution in [3.63, 3.8) is 0 Å². The van der Waals surface area contributed by atoms with Gasteiger partial charge in [0.1, 0.15) is 0 Å². The molecule has 24 heavy (non-hydrogen) atoms. The Morgan fingerprint density at radius 1 is 1.08 bits per heavy atom. The third-order valence-corrected chi connectivity index (χ3v) is 7.73. The maximum absolute atomic E-state index is 2.70. The van der Waals surface area contributed by atoms with Gasteiger partial charge in [0.15, 0.2) is 0 Å². The third-order valence-electron chi connectivity index (χ3n) is 7.73. The van der Waals surface area contributed by atoms with Gasteiger partial charge in [-0.2, -0.15) is 0 Å². The minimum Gasteiger partial charge on any atom is -0.301 e. The second-order valence-electron chi connectivity index (χ2n) is 9.89. The van der Waals surface area contributed by atoms with Crippen molar-refractivity contribution in [2.45, 2.75) is 99.5 Å². The summed E-state index contributed by atoms with van der Waals surface area (Å²) >= 11 is 0. The molecule has 1 aliphatic carbocycles. The molecule has 1 saturated carbocycles. The monoisotopic (exact) mass is 337 g/mol. The largest absolute Gasteiger partial charge is 0.301 e. The molecule has 1 aliphatic rings. The molecule has 1 fully saturated rings. The molecule has 0 bridgehead atoms. The topological polar surface area (TPSA) is 3.24 Å². The Kier molecular flexibility index (Phi) is 8.80. The van der Waals surface area contributed by atoms with Crippen molar-refractivity contribution in [2.24, 2.45) is 35.5 Å². The van der Waals surface area contributed by atoms with E-state index in [1.165, 1.54) is 45.1 Å². The summed E-state index contributed by atoms with van der Waals surface area (Å²) in [5.41, 5.74) is 0.363. The van der Waals surface area contributed by atoms with E-state index in [1.807, 2.05) is 0 Å². The molecule has 0 heterocycles. The predicted molar refractivity (Wildman–Crippen MR) is 109 cm³/mol. The Labute approximate surface area is 154 Å². The van der Waals surface area contributed by atoms with Crippen LogP contribution < -0.4 is 0 Å². The quantitative estimate of drug-likeness (QED) is 0.375. The molecule has 0 N–H and O–H groups in total. The van der Waals surface area contributed by atoms with E-state index in [1.54, 1.807) is 0 Å². The van der Waals surface area contributed by atoms with Gasteiger partial charge in [-0.25, -0.2) is 0 Å². The normalized spacial score (nSPS) is 26.0. The number of rotatable bonds is 12. The van der Waals surface area contributed by atoms with Crippen molar-refractivity contribution >= 4 is 0 Å². The summed E-state index contributed by atoms with van der Waals surface area (Å²) in [7, 11) is 2.38. The van der Waals surface area contributed by atoms with Crippen LogP contribution in [0, 0.1) is 35.5 Å². The molecule has 0 radical (unpaired) electrons. The van der Waals surface area contributed by atoms with Crippen LogP contribution in [0.1, 0.15) is 93.9 Å². The van der Waals surface area contributed by atoms with Crippen molar-refractivity contribution in [3.05, 3.63) is 0 Å². The van der Waals surface area contributed by atoms with Gasteiger partial charge in [-0.3, -0.25) is 0 Å². The summed E-state index contributed by atoms with van der Waals surface area (Å²) in [5.74, 6) is 5.38. The van der Waals surface area contributed by atoms with Gasteiger partial charge in [0.2, 0.25) is 0 Å². The molecule has 1 rings (SSSR count). The fraction of sp³-hybridized carbons (Fsp3) is 1.00. The molecule has 5 atom stereocenters. The highest BCUT2D eigenvalue weighted by molar-refractivity contribution is 4.93. The maximum Gasteiger partial charge on any atom is 0.0201 e. The molecular weight excluding hydrogens is 290 g/mol. The van der Waals surface area contributed by atoms with Gasteiger partial charge in [0, 0.05) is 5.54 Å². The minimum absolute atomic E-state index is 0.363. The number of hydrogen-bond acceptors (Lipinski definition) is 1. The number of hydrogen-bond donors (Lipinski definition) is 0. The molecule has 1 nitrogen and oxygen atoms in total. The molecule has 0 aromatic heterocycles. The molecule has 0 amide bonds. The van der Waals surface area contributed by atoms with E-state index >= 15 is 0 Å². The molecule has 0 spiro atoms. The highest BCUT2D eigenvalue weighted by Gasteiger charge is 2.42. The predicted octanol–water partition coefficient (Wildman–Crippen LogP) is 6.87. The van der Waals surface area contributed by atoms with E-state index in [2.05, 4.69) is 67.3 Å². The van der Waals surface area contributed by atoms with Gasteiger partial charge in [-0.15, -0.1) is 0 Å². The number of nitrogens with zero attached hydrogens (tertiary/aromatic N) is 1. The lowest BCUT2D eigenvalue weighted by atomic mass is 9.81. The van der Waals surface area contributed by atoms with Crippen LogP contribution in [0.2, 0.25) is 0 Å². The first-order valence-electron chi connectivity index (χ1n) is 10.8. The fourth-order valence-corrected chi connectivity index (χ4v) is 4.29. The highest BCUT2D eigenvalue weighted by atomic mass is 15.2. The van der Waals surface area contributed by atoms with E-state index < -0.39 is 0 Å². The summed E-state index contributed by atoms with van der Waals surface area (Å²) in [4.78, 5) is 2.70. The zero-order chi connectivity index (χ0) is 18.5. The average Bonchev–Trinajstić information content (AvgIpc) is 3.30. The minimum atomic E-state index is 0.363. The van der Waals surface area contributed by atoms with Gasteiger partial charge >= 0.3 is 0 Å². The first-order chi connectivity index (χ1) is 11.1. The zero-order valence-corrected chi connectivity index (χ0v) is 18.4. The van der Waals surface area contributed by atoms with Crippen LogP contribution in [0.5, 0.6) is 0 Å². The van der Waals surface area contributed by atoms with Gasteiger partial charge < -0.3 is 4.90 Å². The molecule has 0 aliphatic heterocycles. The van der Waals surface area contributed by atoms with Crippen LogP contribution in [-0.4, -0.2) is 24.0 Å². The second-order valence-corrected chi connectivity index (χ2v) is 9.89. The standard InChI is InChI=1S/C23H47N/c1-10-19(6)12-11-14-23(8,18(4)5)24(9)15-13-21-16-22(21)20(7)17(2)3/h17-22H,10-16H2,1-9H3. The van der Waals surface area contributed by atoms with Crippen LogP contribution in [0.25, 0.3) is 0 Å². The molecule has 144 valence electrons. The summed E-state index contributed by atoms with van der Waals surface area (Å²) in [6.45, 7) is 20.6. The smallest absolute Gasteiger partial charge is 0.0201 e. The van der Waals surface area contributed by atoms with Crippen molar-refractivity contribution in [1.82, 2.24) is 4.90 Å². The van der Waals surface area contributed by atoms with E-state index in [0.717, 1.165) is 35.5 Å². The fourth-order valence-electron chi connectivity index (χ4n) is 4.29. The van der Waals surface area contributed by atoms with Gasteiger partial charge in [0.25, 0.3) is 0 Å². The van der Waals surface area contributed by atoms with Crippen molar-refractivity contribution < 1.29 is 0 Å². The second kappa shape index (κ2) is 9.60.